The summed E-state index contributed by atoms with van der Waals surface area (Å²) < 4.78 is 0. The van der Waals surface area contributed by atoms with Crippen LogP contribution in [-0.4, -0.2) is 17.0 Å². The Morgan fingerprint density at radius 3 is 2.14 bits per heavy atom. The van der Waals surface area contributed by atoms with Gasteiger partial charge in [0, 0.05) is 11.3 Å². The monoisotopic (exact) mass is 371 g/mol. The molecule has 0 spiro atoms. The second kappa shape index (κ2) is 6.97. The standard InChI is InChI=1S/C24H21NO3/c1-15-12-16(2)14-18(13-15)25-22(17-8-4-3-5-9-17)21(24(27)28)19-10-6-7-11-20(19)23(25)26/h3-14,21-22H,1-2H3,(H,27,28)/t21-,22-/m1/s1. The summed E-state index contributed by atoms with van der Waals surface area (Å²) in [5.74, 6) is -1.97. The van der Waals surface area contributed by atoms with Gasteiger partial charge in [0.05, 0.1) is 6.04 Å². The minimum absolute atomic E-state index is 0.174. The minimum atomic E-state index is -0.942. The van der Waals surface area contributed by atoms with Gasteiger partial charge in [0.15, 0.2) is 0 Å². The average molecular weight is 371 g/mol. The first-order chi connectivity index (χ1) is 13.5. The van der Waals surface area contributed by atoms with Crippen molar-refractivity contribution in [2.75, 3.05) is 4.90 Å². The number of carbonyl (C=O) groups is 2. The molecule has 0 aliphatic carbocycles. The van der Waals surface area contributed by atoms with Gasteiger partial charge >= 0.3 is 5.97 Å². The second-order valence-electron chi connectivity index (χ2n) is 7.28. The SMILES string of the molecule is Cc1cc(C)cc(N2C(=O)c3ccccc3[C@@H](C(=O)O)[C@H]2c2ccccc2)c1. The number of carboxylic acid groups (broad SMARTS) is 1. The number of carbonyl (C=O) groups excluding carboxylic acids is 1. The fourth-order valence-electron chi connectivity index (χ4n) is 4.17. The van der Waals surface area contributed by atoms with Crippen molar-refractivity contribution in [1.82, 2.24) is 0 Å². The molecule has 0 saturated carbocycles. The maximum Gasteiger partial charge on any atom is 0.313 e. The first-order valence-electron chi connectivity index (χ1n) is 9.26. The summed E-state index contributed by atoms with van der Waals surface area (Å²) in [6.45, 7) is 3.95. The molecule has 3 aromatic rings. The lowest BCUT2D eigenvalue weighted by Gasteiger charge is -2.41. The lowest BCUT2D eigenvalue weighted by atomic mass is 9.79. The molecule has 0 bridgehead atoms. The molecule has 0 unspecified atom stereocenters. The van der Waals surface area contributed by atoms with Gasteiger partial charge < -0.3 is 5.11 Å². The number of hydrogen-bond acceptors (Lipinski definition) is 2. The number of aryl methyl sites for hydroxylation is 2. The Morgan fingerprint density at radius 2 is 1.50 bits per heavy atom. The highest BCUT2D eigenvalue weighted by Crippen LogP contribution is 2.45. The van der Waals surface area contributed by atoms with Crippen molar-refractivity contribution in [3.8, 4) is 0 Å². The Kier molecular flexibility index (Phi) is 4.47. The molecule has 1 heterocycles. The quantitative estimate of drug-likeness (QED) is 0.714. The number of nitrogens with zero attached hydrogens (tertiary/aromatic N) is 1. The van der Waals surface area contributed by atoms with Crippen LogP contribution in [0.1, 0.15) is 44.6 Å². The number of fused-ring (bicyclic) bond motifs is 1. The second-order valence-corrected chi connectivity index (χ2v) is 7.28. The number of anilines is 1. The zero-order valence-electron chi connectivity index (χ0n) is 15.8. The van der Waals surface area contributed by atoms with E-state index < -0.39 is 17.9 Å². The molecule has 4 heteroatoms. The van der Waals surface area contributed by atoms with Gasteiger partial charge in [-0.3, -0.25) is 14.5 Å². The van der Waals surface area contributed by atoms with Crippen LogP contribution in [0, 0.1) is 13.8 Å². The summed E-state index contributed by atoms with van der Waals surface area (Å²) in [5.41, 5.74) is 4.59. The van der Waals surface area contributed by atoms with Crippen LogP contribution in [0.15, 0.2) is 72.8 Å². The normalized spacial score (nSPS) is 18.6. The van der Waals surface area contributed by atoms with Gasteiger partial charge in [-0.2, -0.15) is 0 Å². The van der Waals surface area contributed by atoms with Crippen LogP contribution in [0.4, 0.5) is 5.69 Å². The smallest absolute Gasteiger partial charge is 0.313 e. The van der Waals surface area contributed by atoms with Crippen molar-refractivity contribution >= 4 is 17.6 Å². The first-order valence-corrected chi connectivity index (χ1v) is 9.26. The molecule has 0 fully saturated rings. The number of aliphatic carboxylic acids is 1. The molecule has 28 heavy (non-hydrogen) atoms. The molecule has 1 aliphatic heterocycles. The molecule has 0 saturated heterocycles. The van der Waals surface area contributed by atoms with Crippen LogP contribution < -0.4 is 4.90 Å². The van der Waals surface area contributed by atoms with Crippen molar-refractivity contribution < 1.29 is 14.7 Å². The minimum Gasteiger partial charge on any atom is -0.481 e. The van der Waals surface area contributed by atoms with Gasteiger partial charge in [-0.1, -0.05) is 54.6 Å². The molecule has 140 valence electrons. The summed E-state index contributed by atoms with van der Waals surface area (Å²) >= 11 is 0. The van der Waals surface area contributed by atoms with Crippen LogP contribution in [-0.2, 0) is 4.79 Å². The number of hydrogen-bond donors (Lipinski definition) is 1. The molecule has 3 aromatic carbocycles. The van der Waals surface area contributed by atoms with Crippen LogP contribution >= 0.6 is 0 Å². The van der Waals surface area contributed by atoms with Gasteiger partial charge in [0.2, 0.25) is 0 Å². The van der Waals surface area contributed by atoms with E-state index >= 15 is 0 Å². The van der Waals surface area contributed by atoms with Gasteiger partial charge in [0.25, 0.3) is 5.91 Å². The molecule has 4 nitrogen and oxygen atoms in total. The Bertz CT molecular complexity index is 1040. The Labute approximate surface area is 164 Å². The third kappa shape index (κ3) is 2.97. The van der Waals surface area contributed by atoms with Gasteiger partial charge in [-0.15, -0.1) is 0 Å². The Hall–Kier alpha value is -3.40. The summed E-state index contributed by atoms with van der Waals surface area (Å²) in [6.07, 6.45) is 0. The zero-order valence-corrected chi connectivity index (χ0v) is 15.8. The van der Waals surface area contributed by atoms with Crippen LogP contribution in [0.25, 0.3) is 0 Å². The lowest BCUT2D eigenvalue weighted by molar-refractivity contribution is -0.139. The van der Waals surface area contributed by atoms with Crippen molar-refractivity contribution in [2.45, 2.75) is 25.8 Å². The summed E-state index contributed by atoms with van der Waals surface area (Å²) in [7, 11) is 0. The van der Waals surface area contributed by atoms with Crippen molar-refractivity contribution in [1.29, 1.82) is 0 Å². The van der Waals surface area contributed by atoms with Crippen LogP contribution in [0.5, 0.6) is 0 Å². The average Bonchev–Trinajstić information content (AvgIpc) is 2.67. The van der Waals surface area contributed by atoms with Gasteiger partial charge in [-0.05, 0) is 54.3 Å². The highest BCUT2D eigenvalue weighted by Gasteiger charge is 2.44. The Balaban J connectivity index is 2.01. The van der Waals surface area contributed by atoms with Crippen LogP contribution in [0.2, 0.25) is 0 Å². The van der Waals surface area contributed by atoms with E-state index in [2.05, 4.69) is 0 Å². The molecule has 4 rings (SSSR count). The van der Waals surface area contributed by atoms with E-state index in [0.29, 0.717) is 11.1 Å². The topological polar surface area (TPSA) is 57.6 Å². The third-order valence-electron chi connectivity index (χ3n) is 5.23. The zero-order chi connectivity index (χ0) is 19.8. The number of amides is 1. The van der Waals surface area contributed by atoms with E-state index in [4.69, 9.17) is 0 Å². The number of rotatable bonds is 3. The molecule has 2 atom stereocenters. The molecule has 1 N–H and O–H groups in total. The van der Waals surface area contributed by atoms with Crippen molar-refractivity contribution in [3.05, 3.63) is 101 Å². The number of carboxylic acids is 1. The van der Waals surface area contributed by atoms with Crippen LogP contribution in [0.3, 0.4) is 0 Å². The third-order valence-corrected chi connectivity index (χ3v) is 5.23. The van der Waals surface area contributed by atoms with E-state index in [-0.39, 0.29) is 5.91 Å². The predicted octanol–water partition coefficient (Wildman–Crippen LogP) is 4.87. The van der Waals surface area contributed by atoms with E-state index in [1.165, 1.54) is 0 Å². The van der Waals surface area contributed by atoms with Gasteiger partial charge in [-0.25, -0.2) is 0 Å². The molecular formula is C24H21NO3. The predicted molar refractivity (Wildman–Crippen MR) is 109 cm³/mol. The summed E-state index contributed by atoms with van der Waals surface area (Å²) in [4.78, 5) is 27.6. The molecule has 0 radical (unpaired) electrons. The molecule has 1 aliphatic rings. The largest absolute Gasteiger partial charge is 0.481 e. The lowest BCUT2D eigenvalue weighted by Crippen LogP contribution is -2.45. The fourth-order valence-corrected chi connectivity index (χ4v) is 4.17. The summed E-state index contributed by atoms with van der Waals surface area (Å²) in [5, 5.41) is 10.1. The van der Waals surface area contributed by atoms with Crippen molar-refractivity contribution in [3.63, 3.8) is 0 Å². The van der Waals surface area contributed by atoms with E-state index in [9.17, 15) is 14.7 Å². The highest BCUT2D eigenvalue weighted by atomic mass is 16.4. The highest BCUT2D eigenvalue weighted by molar-refractivity contribution is 6.11. The van der Waals surface area contributed by atoms with Crippen molar-refractivity contribution in [2.24, 2.45) is 0 Å². The first kappa shape index (κ1) is 18.0. The maximum absolute atomic E-state index is 13.5. The number of benzene rings is 3. The Morgan fingerprint density at radius 1 is 0.893 bits per heavy atom. The summed E-state index contributed by atoms with van der Waals surface area (Å²) in [6, 6.07) is 21.7. The molecule has 0 aromatic heterocycles. The maximum atomic E-state index is 13.5. The molecular weight excluding hydrogens is 350 g/mol. The fraction of sp³-hybridized carbons (Fsp3) is 0.167. The van der Waals surface area contributed by atoms with E-state index in [1.54, 1.807) is 29.2 Å². The van der Waals surface area contributed by atoms with E-state index in [1.807, 2.05) is 62.4 Å². The molecule has 1 amide bonds. The van der Waals surface area contributed by atoms with E-state index in [0.717, 1.165) is 22.4 Å². The van der Waals surface area contributed by atoms with Gasteiger partial charge in [0.1, 0.15) is 5.92 Å².